The van der Waals surface area contributed by atoms with Gasteiger partial charge in [0.25, 0.3) is 0 Å². The molecule has 1 atom stereocenters. The summed E-state index contributed by atoms with van der Waals surface area (Å²) in [5.41, 5.74) is 0. The molecule has 1 amide bonds. The van der Waals surface area contributed by atoms with Crippen molar-refractivity contribution in [2.75, 3.05) is 13.2 Å². The number of nitrogens with one attached hydrogen (secondary N) is 1. The molecule has 0 aromatic carbocycles. The lowest BCUT2D eigenvalue weighted by atomic mass is 10.2. The second kappa shape index (κ2) is 13.7. The molecule has 0 radical (unpaired) electrons. The number of ether oxygens (including phenoxy) is 2. The van der Waals surface area contributed by atoms with E-state index in [1.54, 1.807) is 6.92 Å². The monoisotopic (exact) mass is 301 g/mol. The van der Waals surface area contributed by atoms with Crippen molar-refractivity contribution in [2.24, 2.45) is 0 Å². The van der Waals surface area contributed by atoms with Gasteiger partial charge < -0.3 is 14.8 Å². The molecule has 0 aromatic heterocycles. The van der Waals surface area contributed by atoms with Crippen LogP contribution in [0.2, 0.25) is 0 Å². The number of unbranched alkanes of at least 4 members (excludes halogenated alkanes) is 5. The van der Waals surface area contributed by atoms with Crippen LogP contribution in [-0.2, 0) is 14.3 Å². The highest BCUT2D eigenvalue weighted by Gasteiger charge is 2.13. The highest BCUT2D eigenvalue weighted by atomic mass is 16.5. The second-order valence-corrected chi connectivity index (χ2v) is 5.37. The summed E-state index contributed by atoms with van der Waals surface area (Å²) in [6.45, 7) is 6.89. The molecule has 0 rings (SSSR count). The Balaban J connectivity index is 3.60. The maximum absolute atomic E-state index is 11.5. The van der Waals surface area contributed by atoms with E-state index in [4.69, 9.17) is 9.47 Å². The average molecular weight is 301 g/mol. The molecule has 0 heterocycles. The van der Waals surface area contributed by atoms with Gasteiger partial charge in [-0.05, 0) is 19.8 Å². The minimum absolute atomic E-state index is 0.178. The van der Waals surface area contributed by atoms with E-state index in [1.165, 1.54) is 0 Å². The molecule has 1 N–H and O–H groups in total. The summed E-state index contributed by atoms with van der Waals surface area (Å²) < 4.78 is 10.1. The van der Waals surface area contributed by atoms with Gasteiger partial charge in [-0.3, -0.25) is 4.79 Å². The maximum Gasteiger partial charge on any atom is 0.407 e. The minimum atomic E-state index is -0.460. The van der Waals surface area contributed by atoms with E-state index < -0.39 is 6.09 Å². The first-order valence-electron chi connectivity index (χ1n) is 8.19. The lowest BCUT2D eigenvalue weighted by Crippen LogP contribution is -2.35. The second-order valence-electron chi connectivity index (χ2n) is 5.37. The summed E-state index contributed by atoms with van der Waals surface area (Å²) in [7, 11) is 0. The predicted molar refractivity (Wildman–Crippen MR) is 83.2 cm³/mol. The van der Waals surface area contributed by atoms with Crippen molar-refractivity contribution in [3.05, 3.63) is 0 Å². The van der Waals surface area contributed by atoms with Crippen LogP contribution < -0.4 is 5.32 Å². The van der Waals surface area contributed by atoms with Crippen molar-refractivity contribution in [3.63, 3.8) is 0 Å². The van der Waals surface area contributed by atoms with Crippen LogP contribution in [0.15, 0.2) is 0 Å². The Morgan fingerprint density at radius 2 is 1.48 bits per heavy atom. The molecular weight excluding hydrogens is 270 g/mol. The third kappa shape index (κ3) is 13.5. The molecule has 21 heavy (non-hydrogen) atoms. The van der Waals surface area contributed by atoms with Crippen LogP contribution >= 0.6 is 0 Å². The molecule has 5 heteroatoms. The van der Waals surface area contributed by atoms with Gasteiger partial charge in [-0.1, -0.05) is 46.0 Å². The highest BCUT2D eigenvalue weighted by Crippen LogP contribution is 2.01. The van der Waals surface area contributed by atoms with Gasteiger partial charge in [-0.2, -0.15) is 0 Å². The predicted octanol–water partition coefficient (Wildman–Crippen LogP) is 3.80. The molecule has 0 aliphatic heterocycles. The molecule has 124 valence electrons. The van der Waals surface area contributed by atoms with Crippen molar-refractivity contribution in [3.8, 4) is 0 Å². The molecule has 0 aromatic rings. The topological polar surface area (TPSA) is 64.6 Å². The maximum atomic E-state index is 11.5. The molecule has 0 bridgehead atoms. The van der Waals surface area contributed by atoms with Gasteiger partial charge in [0, 0.05) is 6.04 Å². The van der Waals surface area contributed by atoms with Gasteiger partial charge >= 0.3 is 12.1 Å². The summed E-state index contributed by atoms with van der Waals surface area (Å²) in [6, 6.07) is -0.271. The molecular formula is C16H31NO4. The number of amides is 1. The smallest absolute Gasteiger partial charge is 0.407 e. The Morgan fingerprint density at radius 1 is 0.905 bits per heavy atom. The van der Waals surface area contributed by atoms with Gasteiger partial charge in [0.2, 0.25) is 0 Å². The summed E-state index contributed by atoms with van der Waals surface area (Å²) in [6.07, 6.45) is 7.04. The third-order valence-corrected chi connectivity index (χ3v) is 3.08. The van der Waals surface area contributed by atoms with E-state index in [0.717, 1.165) is 44.9 Å². The molecule has 0 spiro atoms. The number of esters is 1. The lowest BCUT2D eigenvalue weighted by molar-refractivity contribution is -0.144. The summed E-state index contributed by atoms with van der Waals surface area (Å²) in [4.78, 5) is 23.0. The number of alkyl carbamates (subject to hydrolysis) is 1. The van der Waals surface area contributed by atoms with Crippen molar-refractivity contribution < 1.29 is 19.1 Å². The van der Waals surface area contributed by atoms with E-state index >= 15 is 0 Å². The Kier molecular flexibility index (Phi) is 12.9. The van der Waals surface area contributed by atoms with E-state index in [2.05, 4.69) is 19.2 Å². The molecule has 0 aliphatic carbocycles. The van der Waals surface area contributed by atoms with Crippen molar-refractivity contribution >= 4 is 12.1 Å². The molecule has 0 saturated heterocycles. The minimum Gasteiger partial charge on any atom is -0.466 e. The zero-order valence-electron chi connectivity index (χ0n) is 13.8. The number of carbonyl (C=O) groups is 2. The number of carbonyl (C=O) groups excluding carboxylic acids is 2. The van der Waals surface area contributed by atoms with Crippen LogP contribution in [0.25, 0.3) is 0 Å². The van der Waals surface area contributed by atoms with Crippen LogP contribution in [-0.4, -0.2) is 31.3 Å². The highest BCUT2D eigenvalue weighted by molar-refractivity contribution is 5.72. The molecule has 5 nitrogen and oxygen atoms in total. The van der Waals surface area contributed by atoms with Crippen LogP contribution in [0, 0.1) is 0 Å². The fourth-order valence-corrected chi connectivity index (χ4v) is 1.83. The Hall–Kier alpha value is -1.26. The SMILES string of the molecule is CCCCCCOC(=O)NC(C)CC(=O)OCCCCC. The number of hydrogen-bond acceptors (Lipinski definition) is 4. The standard InChI is InChI=1S/C16H31NO4/c1-4-6-8-10-12-21-16(19)17-14(3)13-15(18)20-11-9-7-5-2/h14H,4-13H2,1-3H3,(H,17,19). The average Bonchev–Trinajstić information content (AvgIpc) is 2.43. The normalized spacial score (nSPS) is 11.8. The van der Waals surface area contributed by atoms with Gasteiger partial charge in [0.15, 0.2) is 0 Å². The molecule has 0 fully saturated rings. The van der Waals surface area contributed by atoms with Gasteiger partial charge in [0.05, 0.1) is 19.6 Å². The summed E-state index contributed by atoms with van der Waals surface area (Å²) in [5, 5.41) is 2.64. The molecule has 0 aliphatic rings. The Bertz CT molecular complexity index is 281. The first-order chi connectivity index (χ1) is 10.1. The number of hydrogen-bond donors (Lipinski definition) is 1. The van der Waals surface area contributed by atoms with E-state index in [9.17, 15) is 9.59 Å². The van der Waals surface area contributed by atoms with Crippen molar-refractivity contribution in [1.29, 1.82) is 0 Å². The first-order valence-corrected chi connectivity index (χ1v) is 8.19. The summed E-state index contributed by atoms with van der Waals surface area (Å²) in [5.74, 6) is -0.276. The van der Waals surface area contributed by atoms with Crippen molar-refractivity contribution in [2.45, 2.75) is 78.2 Å². The van der Waals surface area contributed by atoms with Gasteiger partial charge in [0.1, 0.15) is 0 Å². The number of rotatable bonds is 12. The summed E-state index contributed by atoms with van der Waals surface area (Å²) >= 11 is 0. The fourth-order valence-electron chi connectivity index (χ4n) is 1.83. The largest absolute Gasteiger partial charge is 0.466 e. The van der Waals surface area contributed by atoms with Crippen LogP contribution in [0.4, 0.5) is 4.79 Å². The molecule has 0 saturated carbocycles. The third-order valence-electron chi connectivity index (χ3n) is 3.08. The fraction of sp³-hybridized carbons (Fsp3) is 0.875. The zero-order valence-corrected chi connectivity index (χ0v) is 13.8. The van der Waals surface area contributed by atoms with Crippen molar-refractivity contribution in [1.82, 2.24) is 5.32 Å². The van der Waals surface area contributed by atoms with Crippen LogP contribution in [0.3, 0.4) is 0 Å². The van der Waals surface area contributed by atoms with Gasteiger partial charge in [-0.25, -0.2) is 4.79 Å². The van der Waals surface area contributed by atoms with E-state index in [0.29, 0.717) is 13.2 Å². The Morgan fingerprint density at radius 3 is 2.14 bits per heavy atom. The lowest BCUT2D eigenvalue weighted by Gasteiger charge is -2.13. The quantitative estimate of drug-likeness (QED) is 0.440. The van der Waals surface area contributed by atoms with Crippen LogP contribution in [0.1, 0.15) is 72.1 Å². The van der Waals surface area contributed by atoms with Gasteiger partial charge in [-0.15, -0.1) is 0 Å². The first kappa shape index (κ1) is 19.7. The molecule has 1 unspecified atom stereocenters. The van der Waals surface area contributed by atoms with Crippen LogP contribution in [0.5, 0.6) is 0 Å². The Labute approximate surface area is 128 Å². The zero-order chi connectivity index (χ0) is 15.9. The van der Waals surface area contributed by atoms with E-state index in [-0.39, 0.29) is 18.4 Å². The van der Waals surface area contributed by atoms with E-state index in [1.807, 2.05) is 0 Å².